The molecule has 0 amide bonds. The predicted octanol–water partition coefficient (Wildman–Crippen LogP) is 1.55. The van der Waals surface area contributed by atoms with Gasteiger partial charge in [0.2, 0.25) is 0 Å². The van der Waals surface area contributed by atoms with E-state index in [1.165, 1.54) is 25.7 Å². The molecule has 0 aromatic rings. The Balaban J connectivity index is 2.19. The van der Waals surface area contributed by atoms with Crippen molar-refractivity contribution < 1.29 is 0 Å². The van der Waals surface area contributed by atoms with Crippen molar-refractivity contribution in [2.45, 2.75) is 36.3 Å². The van der Waals surface area contributed by atoms with Gasteiger partial charge in [-0.05, 0) is 38.3 Å². The van der Waals surface area contributed by atoms with Crippen molar-refractivity contribution in [3.8, 4) is 0 Å². The van der Waals surface area contributed by atoms with E-state index in [-0.39, 0.29) is 0 Å². The summed E-state index contributed by atoms with van der Waals surface area (Å²) in [5.41, 5.74) is 0. The van der Waals surface area contributed by atoms with E-state index >= 15 is 0 Å². The second kappa shape index (κ2) is 2.98. The molecule has 1 aliphatic rings. The molecule has 8 heavy (non-hydrogen) atoms. The van der Waals surface area contributed by atoms with Crippen LogP contribution in [-0.4, -0.2) is 10.6 Å². The van der Waals surface area contributed by atoms with Crippen molar-refractivity contribution in [3.05, 3.63) is 0 Å². The lowest BCUT2D eigenvalue weighted by Crippen LogP contribution is -2.15. The van der Waals surface area contributed by atoms with Gasteiger partial charge < -0.3 is 0 Å². The Morgan fingerprint density at radius 2 is 1.62 bits per heavy atom. The van der Waals surface area contributed by atoms with Crippen LogP contribution in [0.1, 0.15) is 25.7 Å². The minimum absolute atomic E-state index is 0.461. The Bertz CT molecular complexity index is 56.9. The minimum atomic E-state index is 0.461. The second-order valence-corrected chi connectivity index (χ2v) is 3.88. The van der Waals surface area contributed by atoms with Gasteiger partial charge in [-0.2, -0.15) is 0 Å². The smallest absolute Gasteiger partial charge is 0.113 e. The fourth-order valence-corrected chi connectivity index (χ4v) is 1.64. The van der Waals surface area contributed by atoms with Gasteiger partial charge in [0.25, 0.3) is 0 Å². The van der Waals surface area contributed by atoms with Gasteiger partial charge >= 0.3 is 0 Å². The maximum atomic E-state index is 5.86. The SMILES string of the molecule is [SH2+]C1CCC(Cl)CC1. The summed E-state index contributed by atoms with van der Waals surface area (Å²) in [4.78, 5) is 0. The van der Waals surface area contributed by atoms with Crippen molar-refractivity contribution in [2.24, 2.45) is 0 Å². The molecule has 0 heterocycles. The normalized spacial score (nSPS) is 39.8. The van der Waals surface area contributed by atoms with E-state index in [1.807, 2.05) is 0 Å². The molecule has 48 valence electrons. The molecular weight excluding hydrogens is 140 g/mol. The highest BCUT2D eigenvalue weighted by Crippen LogP contribution is 2.22. The molecule has 0 atom stereocenters. The summed E-state index contributed by atoms with van der Waals surface area (Å²) in [7, 11) is 0. The number of hydrogen-bond donors (Lipinski definition) is 0. The first-order chi connectivity index (χ1) is 3.79. The van der Waals surface area contributed by atoms with Crippen LogP contribution in [0.15, 0.2) is 0 Å². The molecule has 0 unspecified atom stereocenters. The Kier molecular flexibility index (Phi) is 2.51. The molecule has 0 aromatic heterocycles. The van der Waals surface area contributed by atoms with Crippen molar-refractivity contribution in [1.82, 2.24) is 0 Å². The van der Waals surface area contributed by atoms with Crippen LogP contribution in [0, 0.1) is 0 Å². The molecule has 2 heteroatoms. The zero-order valence-corrected chi connectivity index (χ0v) is 6.62. The number of rotatable bonds is 0. The van der Waals surface area contributed by atoms with Crippen LogP contribution < -0.4 is 0 Å². The number of halogens is 1. The molecule has 0 N–H and O–H groups in total. The molecule has 1 rings (SSSR count). The summed E-state index contributed by atoms with van der Waals surface area (Å²) in [6.07, 6.45) is 4.89. The number of hydrogen-bond acceptors (Lipinski definition) is 0. The van der Waals surface area contributed by atoms with Crippen molar-refractivity contribution in [1.29, 1.82) is 0 Å². The third kappa shape index (κ3) is 1.87. The Hall–Kier alpha value is 0.640. The monoisotopic (exact) mass is 151 g/mol. The molecule has 0 spiro atoms. The number of alkyl halides is 1. The molecule has 0 aliphatic heterocycles. The quantitative estimate of drug-likeness (QED) is 0.364. The summed E-state index contributed by atoms with van der Waals surface area (Å²) in [6, 6.07) is 0. The van der Waals surface area contributed by atoms with Gasteiger partial charge in [0, 0.05) is 5.38 Å². The van der Waals surface area contributed by atoms with E-state index in [4.69, 9.17) is 11.6 Å². The molecule has 0 radical (unpaired) electrons. The van der Waals surface area contributed by atoms with Crippen LogP contribution in [0.3, 0.4) is 0 Å². The van der Waals surface area contributed by atoms with Gasteiger partial charge in [0.05, 0.1) is 0 Å². The molecule has 1 fully saturated rings. The van der Waals surface area contributed by atoms with Crippen molar-refractivity contribution in [2.75, 3.05) is 0 Å². The summed E-state index contributed by atoms with van der Waals surface area (Å²) < 4.78 is 0. The molecule has 1 saturated carbocycles. The van der Waals surface area contributed by atoms with Crippen molar-refractivity contribution in [3.63, 3.8) is 0 Å². The highest BCUT2D eigenvalue weighted by atomic mass is 35.5. The van der Waals surface area contributed by atoms with Gasteiger partial charge in [-0.3, -0.25) is 0 Å². The third-order valence-corrected chi connectivity index (χ3v) is 2.67. The van der Waals surface area contributed by atoms with Crippen LogP contribution in [0.4, 0.5) is 0 Å². The summed E-state index contributed by atoms with van der Waals surface area (Å²) in [5.74, 6) is 0. The van der Waals surface area contributed by atoms with Crippen LogP contribution in [-0.2, 0) is 12.6 Å². The largest absolute Gasteiger partial charge is 0.123 e. The molecule has 0 saturated heterocycles. The van der Waals surface area contributed by atoms with Crippen LogP contribution >= 0.6 is 11.6 Å². The maximum Gasteiger partial charge on any atom is 0.113 e. The van der Waals surface area contributed by atoms with Crippen LogP contribution in [0.25, 0.3) is 0 Å². The predicted molar refractivity (Wildman–Crippen MR) is 42.1 cm³/mol. The first-order valence-electron chi connectivity index (χ1n) is 3.14. The lowest BCUT2D eigenvalue weighted by Gasteiger charge is -2.16. The standard InChI is InChI=1S/C6H11ClS/c7-5-1-3-6(8)4-2-5/h5-6,8H,1-4H2/p+1. The van der Waals surface area contributed by atoms with Gasteiger partial charge in [0.1, 0.15) is 5.25 Å². The topological polar surface area (TPSA) is 0 Å². The third-order valence-electron chi connectivity index (χ3n) is 1.66. The zero-order chi connectivity index (χ0) is 5.98. The highest BCUT2D eigenvalue weighted by Gasteiger charge is 2.19. The van der Waals surface area contributed by atoms with Gasteiger partial charge in [-0.25, -0.2) is 0 Å². The van der Waals surface area contributed by atoms with Crippen LogP contribution in [0.5, 0.6) is 0 Å². The molecule has 0 bridgehead atoms. The molecular formula is C6H12ClS+. The van der Waals surface area contributed by atoms with E-state index in [0.29, 0.717) is 5.38 Å². The molecule has 0 aromatic carbocycles. The summed E-state index contributed by atoms with van der Waals surface area (Å²) in [5, 5.41) is 1.20. The zero-order valence-electron chi connectivity index (χ0n) is 4.86. The van der Waals surface area contributed by atoms with E-state index in [1.54, 1.807) is 0 Å². The lowest BCUT2D eigenvalue weighted by molar-refractivity contribution is 0.524. The lowest BCUT2D eigenvalue weighted by atomic mass is 10.00. The first-order valence-corrected chi connectivity index (χ1v) is 4.15. The Morgan fingerprint density at radius 1 is 1.12 bits per heavy atom. The summed E-state index contributed by atoms with van der Waals surface area (Å²) in [6.45, 7) is 0. The summed E-state index contributed by atoms with van der Waals surface area (Å²) >= 11 is 9.46. The first kappa shape index (κ1) is 6.76. The molecule has 0 nitrogen and oxygen atoms in total. The maximum absolute atomic E-state index is 5.86. The Morgan fingerprint density at radius 3 is 2.00 bits per heavy atom. The van der Waals surface area contributed by atoms with Gasteiger partial charge in [0.15, 0.2) is 0 Å². The van der Waals surface area contributed by atoms with Gasteiger partial charge in [-0.15, -0.1) is 11.6 Å². The Labute approximate surface area is 61.0 Å². The van der Waals surface area contributed by atoms with Crippen molar-refractivity contribution >= 4 is 24.2 Å². The van der Waals surface area contributed by atoms with Gasteiger partial charge in [-0.1, -0.05) is 0 Å². The van der Waals surface area contributed by atoms with E-state index in [2.05, 4.69) is 12.6 Å². The van der Waals surface area contributed by atoms with Crippen LogP contribution in [0.2, 0.25) is 0 Å². The van der Waals surface area contributed by atoms with E-state index < -0.39 is 0 Å². The minimum Gasteiger partial charge on any atom is -0.123 e. The fraction of sp³-hybridized carbons (Fsp3) is 1.00. The second-order valence-electron chi connectivity index (χ2n) is 2.45. The fourth-order valence-electron chi connectivity index (χ4n) is 1.05. The average Bonchev–Trinajstić information content (AvgIpc) is 1.77. The average molecular weight is 152 g/mol. The van der Waals surface area contributed by atoms with E-state index in [0.717, 1.165) is 5.25 Å². The van der Waals surface area contributed by atoms with E-state index in [9.17, 15) is 0 Å². The highest BCUT2D eigenvalue weighted by molar-refractivity contribution is 7.59. The molecule has 1 aliphatic carbocycles.